The van der Waals surface area contributed by atoms with E-state index in [4.69, 9.17) is 0 Å². The van der Waals surface area contributed by atoms with Crippen LogP contribution in [0, 0.1) is 0 Å². The summed E-state index contributed by atoms with van der Waals surface area (Å²) in [4.78, 5) is 50.2. The predicted molar refractivity (Wildman–Crippen MR) is 95.6 cm³/mol. The number of nitrogens with zero attached hydrogens (tertiary/aromatic N) is 1. The maximum Gasteiger partial charge on any atom is 0.302 e. The highest BCUT2D eigenvalue weighted by Gasteiger charge is 2.37. The number of rotatable bonds is 5. The minimum atomic E-state index is -0.858. The second-order valence-corrected chi connectivity index (χ2v) is 6.07. The van der Waals surface area contributed by atoms with Gasteiger partial charge in [0.25, 0.3) is 11.7 Å². The maximum atomic E-state index is 12.7. The maximum absolute atomic E-state index is 12.7. The molecular weight excluding hydrogens is 332 g/mol. The molecule has 0 aliphatic carbocycles. The van der Waals surface area contributed by atoms with Crippen molar-refractivity contribution in [2.24, 2.45) is 0 Å². The first kappa shape index (κ1) is 17.5. The van der Waals surface area contributed by atoms with Gasteiger partial charge in [-0.15, -0.1) is 0 Å². The average Bonchev–Trinajstić information content (AvgIpc) is 2.64. The van der Waals surface area contributed by atoms with Crippen molar-refractivity contribution in [2.75, 3.05) is 5.32 Å². The summed E-state index contributed by atoms with van der Waals surface area (Å²) in [5.41, 5.74) is 1.35. The summed E-state index contributed by atoms with van der Waals surface area (Å²) in [5, 5.41) is 2.67. The van der Waals surface area contributed by atoms with Crippen LogP contribution >= 0.6 is 0 Å². The first-order chi connectivity index (χ1) is 12.5. The van der Waals surface area contributed by atoms with E-state index in [0.717, 1.165) is 10.5 Å². The molecule has 1 N–H and O–H groups in total. The molecule has 0 atom stereocenters. The minimum Gasteiger partial charge on any atom is -0.326 e. The lowest BCUT2D eigenvalue weighted by Crippen LogP contribution is -2.45. The molecule has 3 rings (SSSR count). The third kappa shape index (κ3) is 3.39. The van der Waals surface area contributed by atoms with Crippen LogP contribution < -0.4 is 5.32 Å². The average molecular weight is 350 g/mol. The van der Waals surface area contributed by atoms with Crippen LogP contribution in [-0.4, -0.2) is 28.4 Å². The minimum absolute atomic E-state index is 0.0265. The lowest BCUT2D eigenvalue weighted by Gasteiger charge is -2.26. The zero-order valence-corrected chi connectivity index (χ0v) is 14.3. The molecule has 3 amide bonds. The first-order valence-electron chi connectivity index (χ1n) is 8.39. The molecule has 0 fully saturated rings. The number of Topliss-reactive ketones (excluding diaryl/α,β-unsaturated/α-hetero) is 1. The second kappa shape index (κ2) is 7.31. The molecule has 0 bridgehead atoms. The summed E-state index contributed by atoms with van der Waals surface area (Å²) in [6.07, 6.45) is 1.05. The fraction of sp³-hybridized carbons (Fsp3) is 0.200. The van der Waals surface area contributed by atoms with Crippen LogP contribution in [0.5, 0.6) is 0 Å². The molecule has 0 radical (unpaired) electrons. The quantitative estimate of drug-likeness (QED) is 0.664. The van der Waals surface area contributed by atoms with Gasteiger partial charge in [-0.25, -0.2) is 0 Å². The van der Waals surface area contributed by atoms with Gasteiger partial charge in [-0.1, -0.05) is 37.3 Å². The lowest BCUT2D eigenvalue weighted by molar-refractivity contribution is -0.124. The lowest BCUT2D eigenvalue weighted by atomic mass is 9.96. The number of anilines is 1. The zero-order chi connectivity index (χ0) is 18.7. The first-order valence-corrected chi connectivity index (χ1v) is 8.39. The van der Waals surface area contributed by atoms with Crippen molar-refractivity contribution in [1.82, 2.24) is 4.90 Å². The molecule has 0 aromatic heterocycles. The molecule has 6 nitrogen and oxygen atoms in total. The summed E-state index contributed by atoms with van der Waals surface area (Å²) >= 11 is 0. The zero-order valence-electron chi connectivity index (χ0n) is 14.3. The fourth-order valence-corrected chi connectivity index (χ4v) is 2.83. The standard InChI is InChI=1S/C20H18N2O4/c1-2-6-17(23)21-14-9-10-15-16(11-14)18(24)20(26)22(19(15)25)12-13-7-4-3-5-8-13/h3-5,7-11H,2,6,12H2,1H3,(H,21,23). The Morgan fingerprint density at radius 3 is 2.38 bits per heavy atom. The number of fused-ring (bicyclic) bond motifs is 1. The van der Waals surface area contributed by atoms with Gasteiger partial charge in [0.1, 0.15) is 0 Å². The van der Waals surface area contributed by atoms with Gasteiger partial charge in [0.2, 0.25) is 5.91 Å². The molecule has 132 valence electrons. The van der Waals surface area contributed by atoms with Crippen molar-refractivity contribution >= 4 is 29.2 Å². The number of imide groups is 1. The topological polar surface area (TPSA) is 83.6 Å². The fourth-order valence-electron chi connectivity index (χ4n) is 2.83. The second-order valence-electron chi connectivity index (χ2n) is 6.07. The highest BCUT2D eigenvalue weighted by atomic mass is 16.2. The molecule has 0 unspecified atom stereocenters. The van der Waals surface area contributed by atoms with Gasteiger partial charge in [-0.2, -0.15) is 0 Å². The van der Waals surface area contributed by atoms with Crippen LogP contribution in [0.4, 0.5) is 5.69 Å². The SMILES string of the molecule is CCCC(=O)Nc1ccc2c(c1)C(=O)C(=O)N(Cc1ccccc1)C2=O. The van der Waals surface area contributed by atoms with E-state index >= 15 is 0 Å². The molecule has 1 heterocycles. The summed E-state index contributed by atoms with van der Waals surface area (Å²) in [7, 11) is 0. The van der Waals surface area contributed by atoms with E-state index in [1.54, 1.807) is 30.3 Å². The Morgan fingerprint density at radius 1 is 0.962 bits per heavy atom. The Balaban J connectivity index is 1.89. The van der Waals surface area contributed by atoms with Crippen molar-refractivity contribution in [3.63, 3.8) is 0 Å². The van der Waals surface area contributed by atoms with E-state index in [9.17, 15) is 19.2 Å². The third-order valence-electron chi connectivity index (χ3n) is 4.12. The van der Waals surface area contributed by atoms with Gasteiger partial charge in [-0.3, -0.25) is 24.1 Å². The van der Waals surface area contributed by atoms with Crippen LogP contribution in [0.25, 0.3) is 0 Å². The smallest absolute Gasteiger partial charge is 0.302 e. The number of benzene rings is 2. The van der Waals surface area contributed by atoms with Gasteiger partial charge in [0.15, 0.2) is 0 Å². The molecule has 1 aliphatic rings. The van der Waals surface area contributed by atoms with Crippen molar-refractivity contribution in [3.05, 3.63) is 65.2 Å². The number of hydrogen-bond donors (Lipinski definition) is 1. The Kier molecular flexibility index (Phi) is 4.93. The van der Waals surface area contributed by atoms with Gasteiger partial charge in [-0.05, 0) is 30.2 Å². The van der Waals surface area contributed by atoms with E-state index in [2.05, 4.69) is 5.32 Å². The number of carbonyl (C=O) groups excluding carboxylic acids is 4. The molecule has 0 saturated carbocycles. The molecule has 0 spiro atoms. The summed E-state index contributed by atoms with van der Waals surface area (Å²) in [6.45, 7) is 1.92. The highest BCUT2D eigenvalue weighted by Crippen LogP contribution is 2.25. The monoisotopic (exact) mass is 350 g/mol. The van der Waals surface area contributed by atoms with Gasteiger partial charge in [0, 0.05) is 17.7 Å². The van der Waals surface area contributed by atoms with Crippen molar-refractivity contribution in [2.45, 2.75) is 26.3 Å². The molecule has 1 aliphatic heterocycles. The number of ketones is 1. The summed E-state index contributed by atoms with van der Waals surface area (Å²) in [6, 6.07) is 13.4. The van der Waals surface area contributed by atoms with E-state index in [1.165, 1.54) is 12.1 Å². The third-order valence-corrected chi connectivity index (χ3v) is 4.12. The Hall–Kier alpha value is -3.28. The Labute approximate surface area is 150 Å². The van der Waals surface area contributed by atoms with Gasteiger partial charge < -0.3 is 5.32 Å². The Bertz CT molecular complexity index is 890. The number of nitrogens with one attached hydrogen (secondary N) is 1. The van der Waals surface area contributed by atoms with E-state index in [-0.39, 0.29) is 23.6 Å². The molecule has 6 heteroatoms. The normalized spacial score (nSPS) is 13.6. The summed E-state index contributed by atoms with van der Waals surface area (Å²) < 4.78 is 0. The Morgan fingerprint density at radius 2 is 1.69 bits per heavy atom. The van der Waals surface area contributed by atoms with Crippen LogP contribution in [0.3, 0.4) is 0 Å². The largest absolute Gasteiger partial charge is 0.326 e. The molecule has 0 saturated heterocycles. The van der Waals surface area contributed by atoms with E-state index in [1.807, 2.05) is 13.0 Å². The van der Waals surface area contributed by atoms with Crippen LogP contribution in [0.2, 0.25) is 0 Å². The molecular formula is C20H18N2O4. The van der Waals surface area contributed by atoms with Gasteiger partial charge >= 0.3 is 5.91 Å². The van der Waals surface area contributed by atoms with Crippen LogP contribution in [0.1, 0.15) is 46.0 Å². The molecule has 2 aromatic carbocycles. The number of amides is 3. The van der Waals surface area contributed by atoms with Crippen LogP contribution in [0.15, 0.2) is 48.5 Å². The predicted octanol–water partition coefficient (Wildman–Crippen LogP) is 2.79. The molecule has 26 heavy (non-hydrogen) atoms. The highest BCUT2D eigenvalue weighted by molar-refractivity contribution is 6.49. The van der Waals surface area contributed by atoms with Gasteiger partial charge in [0.05, 0.1) is 12.1 Å². The van der Waals surface area contributed by atoms with E-state index in [0.29, 0.717) is 18.5 Å². The number of carbonyl (C=O) groups is 4. The van der Waals surface area contributed by atoms with Crippen molar-refractivity contribution in [1.29, 1.82) is 0 Å². The molecule has 2 aromatic rings. The van der Waals surface area contributed by atoms with E-state index < -0.39 is 17.6 Å². The summed E-state index contributed by atoms with van der Waals surface area (Å²) in [5.74, 6) is -2.30. The number of hydrogen-bond acceptors (Lipinski definition) is 4. The van der Waals surface area contributed by atoms with Crippen molar-refractivity contribution in [3.8, 4) is 0 Å². The van der Waals surface area contributed by atoms with Crippen LogP contribution in [-0.2, 0) is 16.1 Å². The van der Waals surface area contributed by atoms with Crippen molar-refractivity contribution < 1.29 is 19.2 Å².